The van der Waals surface area contributed by atoms with Crippen molar-refractivity contribution in [2.24, 2.45) is 10.7 Å². The predicted molar refractivity (Wildman–Crippen MR) is 35.4 cm³/mol. The number of hydrogen-bond donors (Lipinski definition) is 0. The van der Waals surface area contributed by atoms with E-state index < -0.39 is 6.18 Å². The summed E-state index contributed by atoms with van der Waals surface area (Å²) >= 11 is 0. The summed E-state index contributed by atoms with van der Waals surface area (Å²) in [5, 5.41) is 18.0. The van der Waals surface area contributed by atoms with Gasteiger partial charge in [0.1, 0.15) is 0 Å². The average Bonchev–Trinajstić information content (AvgIpc) is 1.90. The van der Waals surface area contributed by atoms with Crippen molar-refractivity contribution in [3.05, 3.63) is 26.4 Å². The number of rotatable bonds is 0. The minimum Gasteiger partial charge on any atom is -0.693 e. The summed E-state index contributed by atoms with van der Waals surface area (Å²) in [6.45, 7) is 0. The first-order valence-corrected chi connectivity index (χ1v) is 1.75. The minimum atomic E-state index is -4.76. The fourth-order valence-corrected chi connectivity index (χ4v) is 0. The molecule has 0 radical (unpaired) electrons. The molecule has 0 aromatic carbocycles. The molecular weight excluding hydrogens is 299 g/mol. The second-order valence-corrected chi connectivity index (χ2v) is 0.749. The third-order valence-corrected chi connectivity index (χ3v) is 0.116. The van der Waals surface area contributed by atoms with E-state index in [9.17, 15) is 13.2 Å². The maximum absolute atomic E-state index is 10.4. The number of halogens is 3. The van der Waals surface area contributed by atoms with E-state index in [0.717, 1.165) is 10.7 Å². The van der Waals surface area contributed by atoms with Gasteiger partial charge in [-0.05, 0) is 0 Å². The van der Waals surface area contributed by atoms with Crippen molar-refractivity contribution in [3.8, 4) is 0 Å². The average molecular weight is 301 g/mol. The van der Waals surface area contributed by atoms with Crippen LogP contribution in [0.4, 0.5) is 13.2 Å². The Morgan fingerprint density at radius 3 is 1.14 bits per heavy atom. The van der Waals surface area contributed by atoms with Gasteiger partial charge in [-0.15, -0.1) is 10.7 Å². The van der Waals surface area contributed by atoms with Gasteiger partial charge in [0, 0.05) is 0 Å². The van der Waals surface area contributed by atoms with E-state index in [1.807, 2.05) is 0 Å². The molecule has 0 aliphatic rings. The normalized spacial score (nSPS) is 6.50. The minimum absolute atomic E-state index is 0. The number of alkyl halides is 3. The maximum Gasteiger partial charge on any atom is 4.00 e. The van der Waals surface area contributed by atoms with Gasteiger partial charge in [0.2, 0.25) is 0 Å². The van der Waals surface area contributed by atoms with Crippen LogP contribution >= 0.6 is 0 Å². The van der Waals surface area contributed by atoms with Crippen molar-refractivity contribution in [1.82, 2.24) is 0 Å². The molecular formula is C2H2F3MoN3O5. The van der Waals surface area contributed by atoms with Crippen molar-refractivity contribution < 1.29 is 39.0 Å². The monoisotopic (exact) mass is 303 g/mol. The molecule has 0 amide bonds. The van der Waals surface area contributed by atoms with E-state index in [2.05, 4.69) is 0 Å². The van der Waals surface area contributed by atoms with Crippen LogP contribution in [-0.4, -0.2) is 12.5 Å². The van der Waals surface area contributed by atoms with Crippen LogP contribution < -0.4 is 0 Å². The third kappa shape index (κ3) is 294. The second kappa shape index (κ2) is 22.7. The maximum atomic E-state index is 10.4. The third-order valence-electron chi connectivity index (χ3n) is 0.116. The van der Waals surface area contributed by atoms with Gasteiger partial charge in [0.15, 0.2) is 0 Å². The van der Waals surface area contributed by atoms with Crippen LogP contribution in [0.2, 0.25) is 0 Å². The van der Waals surface area contributed by atoms with Crippen LogP contribution in [0.25, 0.3) is 6.15 Å². The largest absolute Gasteiger partial charge is 4.00 e. The Kier molecular flexibility index (Phi) is 47.4. The zero-order valence-electron chi connectivity index (χ0n) is 6.06. The summed E-state index contributed by atoms with van der Waals surface area (Å²) in [5.41, 5.74) is 0. The Labute approximate surface area is 89.2 Å². The van der Waals surface area contributed by atoms with Crippen molar-refractivity contribution in [3.63, 3.8) is 0 Å². The second-order valence-electron chi connectivity index (χ2n) is 0.749. The van der Waals surface area contributed by atoms with E-state index in [0.29, 0.717) is 0 Å². The van der Waals surface area contributed by atoms with Gasteiger partial charge in [-0.25, -0.2) is 13.2 Å². The van der Waals surface area contributed by atoms with E-state index in [1.54, 1.807) is 0 Å². The molecule has 0 aliphatic heterocycles. The molecule has 0 spiro atoms. The van der Waals surface area contributed by atoms with Crippen LogP contribution in [0.15, 0.2) is 10.7 Å². The fraction of sp³-hybridized carbons (Fsp3) is 0.500. The van der Waals surface area contributed by atoms with Crippen molar-refractivity contribution >= 4 is 6.29 Å². The zero-order valence-corrected chi connectivity index (χ0v) is 8.06. The van der Waals surface area contributed by atoms with E-state index in [1.165, 1.54) is 0 Å². The molecule has 2 N–H and O–H groups in total. The van der Waals surface area contributed by atoms with Gasteiger partial charge in [-0.2, -0.15) is 6.29 Å². The van der Waals surface area contributed by atoms with Crippen LogP contribution in [0, 0.1) is 20.2 Å². The Hall–Kier alpha value is -1.09. The Bertz CT molecular complexity index is 126. The van der Waals surface area contributed by atoms with Crippen LogP contribution in [0.5, 0.6) is 0 Å². The summed E-state index contributed by atoms with van der Waals surface area (Å²) in [5.74, 6) is 0. The molecule has 0 rings (SSSR count). The number of nitrogens with two attached hydrogens (primary N) is 1. The summed E-state index contributed by atoms with van der Waals surface area (Å²) in [7, 11) is 0. The SMILES string of the molecule is O=N[O-].O=N[O-].O=[C-]C(F)(F)F.[Mo+4].[NH2-]. The van der Waals surface area contributed by atoms with Crippen LogP contribution in [-0.2, 0) is 25.9 Å². The smallest absolute Gasteiger partial charge is 0.693 e. The molecule has 0 heterocycles. The summed E-state index contributed by atoms with van der Waals surface area (Å²) < 4.78 is 31.1. The van der Waals surface area contributed by atoms with E-state index >= 15 is 0 Å². The van der Waals surface area contributed by atoms with Gasteiger partial charge in [-0.3, -0.25) is 0 Å². The molecule has 0 atom stereocenters. The van der Waals surface area contributed by atoms with E-state index in [4.69, 9.17) is 25.0 Å². The number of carbonyl (C=O) groups excluding carboxylic acids is 1. The Morgan fingerprint density at radius 1 is 1.07 bits per heavy atom. The molecule has 8 nitrogen and oxygen atoms in total. The predicted octanol–water partition coefficient (Wildman–Crippen LogP) is 1.87. The van der Waals surface area contributed by atoms with Gasteiger partial charge in [-0.1, -0.05) is 0 Å². The first-order valence-electron chi connectivity index (χ1n) is 1.75. The quantitative estimate of drug-likeness (QED) is 0.289. The Balaban J connectivity index is -0.0000000297. The topological polar surface area (TPSA) is 156 Å². The number of nitrogens with zero attached hydrogens (tertiary/aromatic N) is 2. The molecule has 0 saturated carbocycles. The first kappa shape index (κ1) is 29.3. The molecule has 82 valence electrons. The molecule has 12 heteroatoms. The standard InChI is InChI=1S/C2F3O.Mo.2HNO2.H2N/c3-2(4,5)1-6;;2*2-1-3;/h;;2*(H,2,3);1H2/q-1;+4;;;-1/p-2. The van der Waals surface area contributed by atoms with E-state index in [-0.39, 0.29) is 33.5 Å². The summed E-state index contributed by atoms with van der Waals surface area (Å²) in [4.78, 5) is 24.6. The Morgan fingerprint density at radius 2 is 1.14 bits per heavy atom. The van der Waals surface area contributed by atoms with Crippen LogP contribution in [0.3, 0.4) is 0 Å². The van der Waals surface area contributed by atoms with Crippen LogP contribution in [0.1, 0.15) is 0 Å². The molecule has 0 bridgehead atoms. The molecule has 0 fully saturated rings. The van der Waals surface area contributed by atoms with Gasteiger partial charge in [0.25, 0.3) is 6.18 Å². The van der Waals surface area contributed by atoms with Crippen molar-refractivity contribution in [1.29, 1.82) is 0 Å². The summed E-state index contributed by atoms with van der Waals surface area (Å²) in [6.07, 6.45) is -4.91. The van der Waals surface area contributed by atoms with Crippen molar-refractivity contribution in [2.75, 3.05) is 0 Å². The molecule has 0 aliphatic carbocycles. The molecule has 0 aromatic heterocycles. The van der Waals surface area contributed by atoms with Crippen molar-refractivity contribution in [2.45, 2.75) is 6.18 Å². The first-order chi connectivity index (χ1) is 5.39. The summed E-state index contributed by atoms with van der Waals surface area (Å²) in [6, 6.07) is 0. The van der Waals surface area contributed by atoms with Gasteiger partial charge < -0.3 is 31.2 Å². The molecule has 0 aromatic rings. The molecule has 0 unspecified atom stereocenters. The fourth-order valence-electron chi connectivity index (χ4n) is 0. The zero-order chi connectivity index (χ0) is 10.6. The number of hydrogen-bond acceptors (Lipinski definition) is 7. The van der Waals surface area contributed by atoms with Gasteiger partial charge in [0.05, 0.1) is 0 Å². The molecule has 14 heavy (non-hydrogen) atoms. The van der Waals surface area contributed by atoms with Gasteiger partial charge >= 0.3 is 21.1 Å². The molecule has 0 saturated heterocycles.